The fourth-order valence-corrected chi connectivity index (χ4v) is 2.32. The number of rotatable bonds is 8. The smallest absolute Gasteiger partial charge is 0.339 e. The lowest BCUT2D eigenvalue weighted by Crippen LogP contribution is -2.30. The number of carbonyl (C=O) groups is 3. The molecule has 0 heterocycles. The van der Waals surface area contributed by atoms with Crippen molar-refractivity contribution in [3.8, 4) is 11.5 Å². The molecule has 0 aliphatic carbocycles. The van der Waals surface area contributed by atoms with Crippen LogP contribution in [0.5, 0.6) is 11.5 Å². The summed E-state index contributed by atoms with van der Waals surface area (Å²) >= 11 is 0. The van der Waals surface area contributed by atoms with Gasteiger partial charge in [0.15, 0.2) is 17.6 Å². The van der Waals surface area contributed by atoms with Crippen molar-refractivity contribution in [2.45, 2.75) is 20.0 Å². The van der Waals surface area contributed by atoms with Crippen LogP contribution in [0.3, 0.4) is 0 Å². The van der Waals surface area contributed by atoms with Crippen LogP contribution < -0.4 is 20.5 Å². The predicted octanol–water partition coefficient (Wildman–Crippen LogP) is 2.38. The van der Waals surface area contributed by atoms with Crippen LogP contribution in [-0.4, -0.2) is 37.6 Å². The molecule has 2 aromatic rings. The molecule has 0 fully saturated rings. The van der Waals surface area contributed by atoms with Gasteiger partial charge in [0, 0.05) is 11.3 Å². The van der Waals surface area contributed by atoms with Gasteiger partial charge >= 0.3 is 5.97 Å². The van der Waals surface area contributed by atoms with Crippen LogP contribution in [-0.2, 0) is 9.53 Å². The Kier molecular flexibility index (Phi) is 6.97. The Labute approximate surface area is 162 Å². The highest BCUT2D eigenvalue weighted by atomic mass is 16.5. The number of methoxy groups -OCH3 is 1. The first-order valence-electron chi connectivity index (χ1n) is 8.58. The summed E-state index contributed by atoms with van der Waals surface area (Å²) in [7, 11) is 1.50. The fraction of sp³-hybridized carbons (Fsp3) is 0.250. The molecule has 0 aromatic heterocycles. The lowest BCUT2D eigenvalue weighted by molar-refractivity contribution is -0.123. The third-order valence-electron chi connectivity index (χ3n) is 3.79. The molecule has 2 amide bonds. The summed E-state index contributed by atoms with van der Waals surface area (Å²) in [5, 5.41) is 2.60. The SMILES string of the molecule is CCOc1cc(C(=O)OC(C)C(=O)Nc2ccc(C(N)=O)cc2)ccc1OC. The number of carbonyl (C=O) groups excluding carboxylic acids is 3. The Morgan fingerprint density at radius 1 is 1.04 bits per heavy atom. The van der Waals surface area contributed by atoms with Crippen molar-refractivity contribution in [2.24, 2.45) is 5.73 Å². The fourth-order valence-electron chi connectivity index (χ4n) is 2.32. The zero-order valence-corrected chi connectivity index (χ0v) is 15.9. The van der Waals surface area contributed by atoms with Crippen LogP contribution in [0.15, 0.2) is 42.5 Å². The Morgan fingerprint density at radius 3 is 2.25 bits per heavy atom. The van der Waals surface area contributed by atoms with E-state index >= 15 is 0 Å². The third kappa shape index (κ3) is 5.23. The van der Waals surface area contributed by atoms with E-state index in [-0.39, 0.29) is 5.56 Å². The van der Waals surface area contributed by atoms with Gasteiger partial charge in [-0.05, 0) is 56.3 Å². The maximum Gasteiger partial charge on any atom is 0.339 e. The topological polar surface area (TPSA) is 117 Å². The molecule has 0 radical (unpaired) electrons. The Balaban J connectivity index is 2.02. The molecule has 28 heavy (non-hydrogen) atoms. The lowest BCUT2D eigenvalue weighted by atomic mass is 10.2. The van der Waals surface area contributed by atoms with Crippen molar-refractivity contribution in [3.05, 3.63) is 53.6 Å². The van der Waals surface area contributed by atoms with Gasteiger partial charge in [0.05, 0.1) is 19.3 Å². The van der Waals surface area contributed by atoms with E-state index in [1.807, 2.05) is 6.92 Å². The van der Waals surface area contributed by atoms with Gasteiger partial charge in [0.1, 0.15) is 0 Å². The van der Waals surface area contributed by atoms with E-state index in [1.165, 1.54) is 50.4 Å². The molecule has 0 bridgehead atoms. The number of benzene rings is 2. The normalized spacial score (nSPS) is 11.2. The third-order valence-corrected chi connectivity index (χ3v) is 3.79. The van der Waals surface area contributed by atoms with Gasteiger partial charge in [-0.2, -0.15) is 0 Å². The van der Waals surface area contributed by atoms with Crippen LogP contribution in [0.4, 0.5) is 5.69 Å². The second kappa shape index (κ2) is 9.40. The molecule has 8 heteroatoms. The van der Waals surface area contributed by atoms with Crippen molar-refractivity contribution in [1.82, 2.24) is 0 Å². The lowest BCUT2D eigenvalue weighted by Gasteiger charge is -2.15. The summed E-state index contributed by atoms with van der Waals surface area (Å²) in [6.07, 6.45) is -1.04. The number of ether oxygens (including phenoxy) is 3. The van der Waals surface area contributed by atoms with E-state index in [2.05, 4.69) is 5.32 Å². The molecule has 0 saturated carbocycles. The average molecular weight is 386 g/mol. The van der Waals surface area contributed by atoms with Gasteiger partial charge in [-0.15, -0.1) is 0 Å². The molecule has 1 unspecified atom stereocenters. The van der Waals surface area contributed by atoms with E-state index in [0.29, 0.717) is 29.4 Å². The van der Waals surface area contributed by atoms with Crippen LogP contribution in [0.1, 0.15) is 34.6 Å². The molecule has 0 saturated heterocycles. The van der Waals surface area contributed by atoms with Crippen molar-refractivity contribution in [2.75, 3.05) is 19.0 Å². The number of amides is 2. The molecule has 2 aromatic carbocycles. The summed E-state index contributed by atoms with van der Waals surface area (Å²) < 4.78 is 15.8. The van der Waals surface area contributed by atoms with Crippen LogP contribution in [0.25, 0.3) is 0 Å². The molecule has 0 aliphatic heterocycles. The molecule has 1 atom stereocenters. The number of nitrogens with two attached hydrogens (primary N) is 1. The first-order chi connectivity index (χ1) is 13.3. The Hall–Kier alpha value is -3.55. The number of hydrogen-bond donors (Lipinski definition) is 2. The zero-order valence-electron chi connectivity index (χ0n) is 15.9. The molecule has 0 spiro atoms. The summed E-state index contributed by atoms with van der Waals surface area (Å²) in [6, 6.07) is 10.7. The first-order valence-corrected chi connectivity index (χ1v) is 8.58. The van der Waals surface area contributed by atoms with E-state index in [0.717, 1.165) is 0 Å². The largest absolute Gasteiger partial charge is 0.493 e. The van der Waals surface area contributed by atoms with Crippen LogP contribution in [0.2, 0.25) is 0 Å². The minimum atomic E-state index is -1.04. The van der Waals surface area contributed by atoms with Crippen LogP contribution in [0, 0.1) is 0 Å². The van der Waals surface area contributed by atoms with Gasteiger partial charge < -0.3 is 25.3 Å². The number of anilines is 1. The summed E-state index contributed by atoms with van der Waals surface area (Å²) in [5.74, 6) is -0.852. The molecule has 148 valence electrons. The molecule has 2 rings (SSSR count). The molecular weight excluding hydrogens is 364 g/mol. The van der Waals surface area contributed by atoms with E-state index in [4.69, 9.17) is 19.9 Å². The standard InChI is InChI=1S/C20H22N2O6/c1-4-27-17-11-14(7-10-16(17)26-3)20(25)28-12(2)19(24)22-15-8-5-13(6-9-15)18(21)23/h5-12H,4H2,1-3H3,(H2,21,23)(H,22,24). The van der Waals surface area contributed by atoms with Gasteiger partial charge in [-0.3, -0.25) is 9.59 Å². The van der Waals surface area contributed by atoms with E-state index in [1.54, 1.807) is 6.07 Å². The highest BCUT2D eigenvalue weighted by Crippen LogP contribution is 2.28. The zero-order chi connectivity index (χ0) is 20.7. The molecular formula is C20H22N2O6. The second-order valence-corrected chi connectivity index (χ2v) is 5.78. The van der Waals surface area contributed by atoms with Gasteiger partial charge in [-0.25, -0.2) is 4.79 Å². The number of hydrogen-bond acceptors (Lipinski definition) is 6. The molecule has 3 N–H and O–H groups in total. The second-order valence-electron chi connectivity index (χ2n) is 5.78. The van der Waals surface area contributed by atoms with Crippen molar-refractivity contribution < 1.29 is 28.6 Å². The maximum absolute atomic E-state index is 12.3. The summed E-state index contributed by atoms with van der Waals surface area (Å²) in [5.41, 5.74) is 6.17. The number of primary amides is 1. The Bertz CT molecular complexity index is 863. The van der Waals surface area contributed by atoms with Gasteiger partial charge in [0.2, 0.25) is 5.91 Å². The van der Waals surface area contributed by atoms with Crippen molar-refractivity contribution >= 4 is 23.5 Å². The first kappa shape index (κ1) is 20.8. The highest BCUT2D eigenvalue weighted by molar-refractivity contribution is 5.98. The van der Waals surface area contributed by atoms with Gasteiger partial charge in [0.25, 0.3) is 5.91 Å². The predicted molar refractivity (Wildman–Crippen MR) is 103 cm³/mol. The van der Waals surface area contributed by atoms with Crippen molar-refractivity contribution in [1.29, 1.82) is 0 Å². The summed E-state index contributed by atoms with van der Waals surface area (Å²) in [4.78, 5) is 35.6. The molecule has 0 aliphatic rings. The van der Waals surface area contributed by atoms with E-state index < -0.39 is 23.9 Å². The monoisotopic (exact) mass is 386 g/mol. The van der Waals surface area contributed by atoms with Crippen LogP contribution >= 0.6 is 0 Å². The maximum atomic E-state index is 12.3. The Morgan fingerprint density at radius 2 is 1.68 bits per heavy atom. The highest BCUT2D eigenvalue weighted by Gasteiger charge is 2.20. The molecule has 8 nitrogen and oxygen atoms in total. The number of nitrogens with one attached hydrogen (secondary N) is 1. The number of esters is 1. The minimum absolute atomic E-state index is 0.231. The minimum Gasteiger partial charge on any atom is -0.493 e. The van der Waals surface area contributed by atoms with Crippen molar-refractivity contribution in [3.63, 3.8) is 0 Å². The quantitative estimate of drug-likeness (QED) is 0.673. The average Bonchev–Trinajstić information content (AvgIpc) is 2.68. The van der Waals surface area contributed by atoms with E-state index in [9.17, 15) is 14.4 Å². The summed E-state index contributed by atoms with van der Waals surface area (Å²) in [6.45, 7) is 3.67. The van der Waals surface area contributed by atoms with Gasteiger partial charge in [-0.1, -0.05) is 0 Å².